The Balaban J connectivity index is 1.64. The zero-order valence-corrected chi connectivity index (χ0v) is 17.6. The van der Waals surface area contributed by atoms with Crippen LogP contribution in [-0.4, -0.2) is 37.6 Å². The Labute approximate surface area is 176 Å². The van der Waals surface area contributed by atoms with E-state index in [9.17, 15) is 9.59 Å². The van der Waals surface area contributed by atoms with Crippen LogP contribution in [0.4, 0.5) is 0 Å². The highest BCUT2D eigenvalue weighted by Gasteiger charge is 2.35. The Kier molecular flexibility index (Phi) is 6.93. The fourth-order valence-electron chi connectivity index (χ4n) is 3.69. The monoisotopic (exact) mass is 414 g/mol. The molecule has 1 atom stereocenters. The van der Waals surface area contributed by atoms with Crippen LogP contribution in [-0.2, 0) is 14.9 Å². The van der Waals surface area contributed by atoms with Crippen LogP contribution in [0.1, 0.15) is 41.3 Å². The van der Waals surface area contributed by atoms with Gasteiger partial charge in [-0.05, 0) is 56.5 Å². The highest BCUT2D eigenvalue weighted by molar-refractivity contribution is 6.30. The molecule has 1 aliphatic rings. The van der Waals surface area contributed by atoms with Crippen LogP contribution < -0.4 is 10.6 Å². The lowest BCUT2D eigenvalue weighted by atomic mass is 9.74. The van der Waals surface area contributed by atoms with Crippen molar-refractivity contribution in [1.29, 1.82) is 0 Å². The molecule has 0 spiro atoms. The lowest BCUT2D eigenvalue weighted by Crippen LogP contribution is -2.50. The second kappa shape index (κ2) is 9.42. The van der Waals surface area contributed by atoms with Gasteiger partial charge in [-0.3, -0.25) is 9.59 Å². The Morgan fingerprint density at radius 1 is 1.14 bits per heavy atom. The third-order valence-electron chi connectivity index (χ3n) is 5.51. The van der Waals surface area contributed by atoms with E-state index >= 15 is 0 Å². The SMILES string of the molecule is Cc1cccc(C(=O)NC(C)C(=O)NCC2(c3cccc(Cl)c3)CCOCC2)c1. The minimum absolute atomic E-state index is 0.209. The maximum Gasteiger partial charge on any atom is 0.251 e. The molecule has 2 N–H and O–H groups in total. The summed E-state index contributed by atoms with van der Waals surface area (Å²) in [5, 5.41) is 6.48. The number of benzene rings is 2. The number of halogens is 1. The minimum Gasteiger partial charge on any atom is -0.381 e. The largest absolute Gasteiger partial charge is 0.381 e. The smallest absolute Gasteiger partial charge is 0.251 e. The van der Waals surface area contributed by atoms with Crippen LogP contribution in [0.5, 0.6) is 0 Å². The predicted molar refractivity (Wildman–Crippen MR) is 114 cm³/mol. The average Bonchev–Trinajstić information content (AvgIpc) is 2.72. The van der Waals surface area contributed by atoms with Gasteiger partial charge in [0.25, 0.3) is 5.91 Å². The first kappa shape index (κ1) is 21.3. The summed E-state index contributed by atoms with van der Waals surface area (Å²) in [6.45, 7) is 5.37. The van der Waals surface area contributed by atoms with Crippen molar-refractivity contribution in [2.45, 2.75) is 38.1 Å². The van der Waals surface area contributed by atoms with Gasteiger partial charge in [-0.1, -0.05) is 41.4 Å². The van der Waals surface area contributed by atoms with Gasteiger partial charge in [-0.2, -0.15) is 0 Å². The Morgan fingerprint density at radius 3 is 2.55 bits per heavy atom. The quantitative estimate of drug-likeness (QED) is 0.758. The summed E-state index contributed by atoms with van der Waals surface area (Å²) in [7, 11) is 0. The molecule has 2 amide bonds. The fourth-order valence-corrected chi connectivity index (χ4v) is 3.88. The number of aryl methyl sites for hydroxylation is 1. The number of rotatable bonds is 6. The molecular weight excluding hydrogens is 388 g/mol. The molecule has 5 nitrogen and oxygen atoms in total. The lowest BCUT2D eigenvalue weighted by molar-refractivity contribution is -0.123. The summed E-state index contributed by atoms with van der Waals surface area (Å²) < 4.78 is 5.54. The molecule has 2 aromatic carbocycles. The summed E-state index contributed by atoms with van der Waals surface area (Å²) in [5.74, 6) is -0.467. The lowest BCUT2D eigenvalue weighted by Gasteiger charge is -2.38. The van der Waals surface area contributed by atoms with Crippen LogP contribution in [0.3, 0.4) is 0 Å². The summed E-state index contributed by atoms with van der Waals surface area (Å²) in [5.41, 5.74) is 2.42. The molecule has 154 valence electrons. The van der Waals surface area contributed by atoms with E-state index < -0.39 is 6.04 Å². The normalized spacial score (nSPS) is 16.7. The topological polar surface area (TPSA) is 67.4 Å². The number of carbonyl (C=O) groups is 2. The predicted octanol–water partition coefficient (Wildman–Crippen LogP) is 3.63. The molecule has 0 saturated carbocycles. The van der Waals surface area contributed by atoms with E-state index in [1.807, 2.05) is 43.3 Å². The van der Waals surface area contributed by atoms with E-state index in [4.69, 9.17) is 16.3 Å². The standard InChI is InChI=1S/C23H27ClN2O3/c1-16-5-3-6-18(13-16)22(28)26-17(2)21(27)25-15-23(9-11-29-12-10-23)19-7-4-8-20(24)14-19/h3-8,13-14,17H,9-12,15H2,1-2H3,(H,25,27)(H,26,28). The van der Waals surface area contributed by atoms with Gasteiger partial charge in [0.15, 0.2) is 0 Å². The molecular formula is C23H27ClN2O3. The average molecular weight is 415 g/mol. The molecule has 1 heterocycles. The second-order valence-corrected chi connectivity index (χ2v) is 8.12. The number of hydrogen-bond acceptors (Lipinski definition) is 3. The number of amides is 2. The van der Waals surface area contributed by atoms with Crippen molar-refractivity contribution in [3.05, 3.63) is 70.2 Å². The summed E-state index contributed by atoms with van der Waals surface area (Å²) >= 11 is 6.20. The van der Waals surface area contributed by atoms with Gasteiger partial charge in [0.2, 0.25) is 5.91 Å². The van der Waals surface area contributed by atoms with E-state index in [1.165, 1.54) is 0 Å². The van der Waals surface area contributed by atoms with Crippen molar-refractivity contribution in [2.75, 3.05) is 19.8 Å². The van der Waals surface area contributed by atoms with Crippen LogP contribution in [0.25, 0.3) is 0 Å². The summed E-state index contributed by atoms with van der Waals surface area (Å²) in [4.78, 5) is 25.1. The number of ether oxygens (including phenoxy) is 1. The minimum atomic E-state index is -0.640. The van der Waals surface area contributed by atoms with Gasteiger partial charge in [-0.15, -0.1) is 0 Å². The third-order valence-corrected chi connectivity index (χ3v) is 5.74. The first-order valence-electron chi connectivity index (χ1n) is 9.89. The number of nitrogens with one attached hydrogen (secondary N) is 2. The van der Waals surface area contributed by atoms with E-state index in [2.05, 4.69) is 10.6 Å². The molecule has 1 saturated heterocycles. The maximum absolute atomic E-state index is 12.7. The zero-order chi connectivity index (χ0) is 20.9. The molecule has 0 aliphatic carbocycles. The third kappa shape index (κ3) is 5.37. The molecule has 0 aromatic heterocycles. The van der Waals surface area contributed by atoms with E-state index in [0.29, 0.717) is 30.3 Å². The van der Waals surface area contributed by atoms with Crippen molar-refractivity contribution >= 4 is 23.4 Å². The van der Waals surface area contributed by atoms with E-state index in [1.54, 1.807) is 19.1 Å². The molecule has 29 heavy (non-hydrogen) atoms. The summed E-state index contributed by atoms with van der Waals surface area (Å²) in [6, 6.07) is 14.4. The van der Waals surface area contributed by atoms with Crippen LogP contribution in [0.15, 0.2) is 48.5 Å². The Bertz CT molecular complexity index is 878. The van der Waals surface area contributed by atoms with E-state index in [-0.39, 0.29) is 17.2 Å². The molecule has 3 rings (SSSR count). The highest BCUT2D eigenvalue weighted by atomic mass is 35.5. The van der Waals surface area contributed by atoms with Crippen molar-refractivity contribution in [3.8, 4) is 0 Å². The maximum atomic E-state index is 12.7. The van der Waals surface area contributed by atoms with Crippen LogP contribution in [0, 0.1) is 6.92 Å². The van der Waals surface area contributed by atoms with Gasteiger partial charge >= 0.3 is 0 Å². The van der Waals surface area contributed by atoms with Gasteiger partial charge < -0.3 is 15.4 Å². The van der Waals surface area contributed by atoms with Crippen molar-refractivity contribution in [1.82, 2.24) is 10.6 Å². The van der Waals surface area contributed by atoms with Crippen LogP contribution in [0.2, 0.25) is 5.02 Å². The summed E-state index contributed by atoms with van der Waals surface area (Å²) in [6.07, 6.45) is 1.61. The number of hydrogen-bond donors (Lipinski definition) is 2. The first-order chi connectivity index (χ1) is 13.9. The molecule has 2 aromatic rings. The highest BCUT2D eigenvalue weighted by Crippen LogP contribution is 2.35. The fraction of sp³-hybridized carbons (Fsp3) is 0.391. The van der Waals surface area contributed by atoms with Gasteiger partial charge in [0.05, 0.1) is 0 Å². The second-order valence-electron chi connectivity index (χ2n) is 7.69. The zero-order valence-electron chi connectivity index (χ0n) is 16.8. The van der Waals surface area contributed by atoms with Crippen LogP contribution >= 0.6 is 11.6 Å². The number of carbonyl (C=O) groups excluding carboxylic acids is 2. The van der Waals surface area contributed by atoms with Gasteiger partial charge in [-0.25, -0.2) is 0 Å². The molecule has 1 aliphatic heterocycles. The molecule has 1 unspecified atom stereocenters. The van der Waals surface area contributed by atoms with E-state index in [0.717, 1.165) is 24.0 Å². The Morgan fingerprint density at radius 2 is 1.86 bits per heavy atom. The van der Waals surface area contributed by atoms with Gasteiger partial charge in [0.1, 0.15) is 6.04 Å². The molecule has 0 radical (unpaired) electrons. The molecule has 0 bridgehead atoms. The molecule has 1 fully saturated rings. The van der Waals surface area contributed by atoms with Crippen molar-refractivity contribution in [2.24, 2.45) is 0 Å². The van der Waals surface area contributed by atoms with Gasteiger partial charge in [0, 0.05) is 35.8 Å². The van der Waals surface area contributed by atoms with Crippen molar-refractivity contribution in [3.63, 3.8) is 0 Å². The van der Waals surface area contributed by atoms with Crippen molar-refractivity contribution < 1.29 is 14.3 Å². The molecule has 6 heteroatoms. The first-order valence-corrected chi connectivity index (χ1v) is 10.3. The Hall–Kier alpha value is -2.37.